The number of rotatable bonds is 4. The zero-order chi connectivity index (χ0) is 9.68. The molecule has 0 saturated heterocycles. The molecular formula is C9H13NOS2. The van der Waals surface area contributed by atoms with Gasteiger partial charge in [0, 0.05) is 11.8 Å². The maximum atomic E-state index is 9.24. The molecule has 0 spiro atoms. The minimum Gasteiger partial charge on any atom is -0.392 e. The third-order valence-electron chi connectivity index (χ3n) is 1.62. The Morgan fingerprint density at radius 2 is 2.38 bits per heavy atom. The normalized spacial score (nSPS) is 19.2. The van der Waals surface area contributed by atoms with Gasteiger partial charge >= 0.3 is 0 Å². The highest BCUT2D eigenvalue weighted by Crippen LogP contribution is 2.33. The van der Waals surface area contributed by atoms with Crippen molar-refractivity contribution >= 4 is 21.6 Å². The van der Waals surface area contributed by atoms with Gasteiger partial charge in [0.15, 0.2) is 0 Å². The van der Waals surface area contributed by atoms with E-state index in [1.807, 2.05) is 13.0 Å². The van der Waals surface area contributed by atoms with Crippen LogP contribution in [-0.4, -0.2) is 23.0 Å². The van der Waals surface area contributed by atoms with Crippen LogP contribution in [0.4, 0.5) is 0 Å². The van der Waals surface area contributed by atoms with E-state index in [1.165, 1.54) is 0 Å². The Morgan fingerprint density at radius 1 is 1.62 bits per heavy atom. The second-order valence-corrected chi connectivity index (χ2v) is 5.40. The molecule has 0 aromatic heterocycles. The van der Waals surface area contributed by atoms with Gasteiger partial charge in [-0.25, -0.2) is 0 Å². The quantitative estimate of drug-likeness (QED) is 0.554. The van der Waals surface area contributed by atoms with Crippen LogP contribution in [0.5, 0.6) is 0 Å². The van der Waals surface area contributed by atoms with Crippen LogP contribution in [-0.2, 0) is 0 Å². The van der Waals surface area contributed by atoms with Crippen LogP contribution in [0.1, 0.15) is 13.8 Å². The van der Waals surface area contributed by atoms with Crippen LogP contribution in [0.15, 0.2) is 22.6 Å². The molecule has 0 aliphatic carbocycles. The first-order valence-corrected chi connectivity index (χ1v) is 6.37. The SMILES string of the molecule is C[C@H](SSC1=C=C=CCN1)[C@@H](C)O. The van der Waals surface area contributed by atoms with Crippen molar-refractivity contribution < 1.29 is 5.11 Å². The Hall–Kier alpha value is -0.240. The third-order valence-corrected chi connectivity index (χ3v) is 4.52. The predicted octanol–water partition coefficient (Wildman–Crippen LogP) is 1.89. The minimum atomic E-state index is -0.277. The summed E-state index contributed by atoms with van der Waals surface area (Å²) in [5.74, 6) is 0. The van der Waals surface area contributed by atoms with Crippen molar-refractivity contribution in [3.05, 3.63) is 22.6 Å². The van der Waals surface area contributed by atoms with E-state index in [0.29, 0.717) is 0 Å². The first-order valence-electron chi connectivity index (χ1n) is 4.15. The fraction of sp³-hybridized carbons (Fsp3) is 0.556. The van der Waals surface area contributed by atoms with Crippen molar-refractivity contribution in [2.45, 2.75) is 25.2 Å². The Morgan fingerprint density at radius 3 is 2.92 bits per heavy atom. The van der Waals surface area contributed by atoms with E-state index < -0.39 is 0 Å². The summed E-state index contributed by atoms with van der Waals surface area (Å²) in [6.45, 7) is 4.63. The lowest BCUT2D eigenvalue weighted by atomic mass is 10.3. The van der Waals surface area contributed by atoms with E-state index in [-0.39, 0.29) is 11.4 Å². The first kappa shape index (κ1) is 10.8. The van der Waals surface area contributed by atoms with Crippen LogP contribution < -0.4 is 5.32 Å². The maximum absolute atomic E-state index is 9.24. The Labute approximate surface area is 86.6 Å². The molecule has 4 heteroatoms. The monoisotopic (exact) mass is 215 g/mol. The van der Waals surface area contributed by atoms with Gasteiger partial charge in [-0.1, -0.05) is 16.5 Å². The second kappa shape index (κ2) is 5.48. The number of aliphatic hydroxyl groups is 1. The van der Waals surface area contributed by atoms with Crippen LogP contribution >= 0.6 is 21.6 Å². The molecule has 2 atom stereocenters. The van der Waals surface area contributed by atoms with Crippen molar-refractivity contribution in [3.63, 3.8) is 0 Å². The lowest BCUT2D eigenvalue weighted by molar-refractivity contribution is 0.197. The van der Waals surface area contributed by atoms with Gasteiger partial charge in [0.2, 0.25) is 0 Å². The molecule has 0 aromatic rings. The summed E-state index contributed by atoms with van der Waals surface area (Å²) in [7, 11) is 3.24. The van der Waals surface area contributed by atoms with Crippen molar-refractivity contribution in [1.82, 2.24) is 5.32 Å². The number of hydrogen-bond acceptors (Lipinski definition) is 4. The van der Waals surface area contributed by atoms with E-state index in [4.69, 9.17) is 0 Å². The van der Waals surface area contributed by atoms with Gasteiger partial charge in [0.25, 0.3) is 0 Å². The molecule has 13 heavy (non-hydrogen) atoms. The van der Waals surface area contributed by atoms with Crippen molar-refractivity contribution in [2.24, 2.45) is 0 Å². The molecular weight excluding hydrogens is 202 g/mol. The molecule has 1 aliphatic heterocycles. The predicted molar refractivity (Wildman–Crippen MR) is 59.4 cm³/mol. The lowest BCUT2D eigenvalue weighted by Crippen LogP contribution is -2.15. The van der Waals surface area contributed by atoms with Gasteiger partial charge in [-0.05, 0) is 36.4 Å². The van der Waals surface area contributed by atoms with Gasteiger partial charge in [-0.2, -0.15) is 0 Å². The summed E-state index contributed by atoms with van der Waals surface area (Å²) in [4.78, 5) is 0. The summed E-state index contributed by atoms with van der Waals surface area (Å²) < 4.78 is 0. The zero-order valence-electron chi connectivity index (χ0n) is 7.70. The third kappa shape index (κ3) is 3.99. The molecule has 1 aliphatic rings. The highest BCUT2D eigenvalue weighted by atomic mass is 33.1. The molecule has 0 fully saturated rings. The molecule has 0 bridgehead atoms. The van der Waals surface area contributed by atoms with Gasteiger partial charge in [0.05, 0.1) is 6.10 Å². The van der Waals surface area contributed by atoms with Gasteiger partial charge < -0.3 is 10.4 Å². The van der Waals surface area contributed by atoms with E-state index >= 15 is 0 Å². The van der Waals surface area contributed by atoms with E-state index in [1.54, 1.807) is 28.5 Å². The molecule has 0 amide bonds. The molecule has 0 aromatic carbocycles. The fourth-order valence-corrected chi connectivity index (χ4v) is 2.79. The Bertz CT molecular complexity index is 263. The lowest BCUT2D eigenvalue weighted by Gasteiger charge is -2.14. The van der Waals surface area contributed by atoms with Gasteiger partial charge in [-0.15, -0.1) is 0 Å². The Kier molecular flexibility index (Phi) is 4.57. The molecule has 72 valence electrons. The van der Waals surface area contributed by atoms with E-state index in [0.717, 1.165) is 11.6 Å². The van der Waals surface area contributed by atoms with Crippen LogP contribution in [0.25, 0.3) is 0 Å². The molecule has 1 heterocycles. The largest absolute Gasteiger partial charge is 0.392 e. The average Bonchev–Trinajstić information content (AvgIpc) is 2.15. The first-order chi connectivity index (χ1) is 6.20. The van der Waals surface area contributed by atoms with Crippen LogP contribution in [0.3, 0.4) is 0 Å². The topological polar surface area (TPSA) is 32.3 Å². The minimum absolute atomic E-state index is 0.229. The highest BCUT2D eigenvalue weighted by molar-refractivity contribution is 8.78. The summed E-state index contributed by atoms with van der Waals surface area (Å²) in [6, 6.07) is 0. The van der Waals surface area contributed by atoms with Crippen LogP contribution in [0.2, 0.25) is 0 Å². The second-order valence-electron chi connectivity index (χ2n) is 2.81. The molecule has 2 nitrogen and oxygen atoms in total. The molecule has 1 rings (SSSR count). The standard InChI is InChI=1S/C9H13NOS2/c1-7(11)8(2)12-13-9-5-3-4-6-10-9/h4,7-8,10-11H,6H2,1-2H3/t7-,8+/m1/s1. The summed E-state index contributed by atoms with van der Waals surface area (Å²) in [6.07, 6.45) is 1.62. The molecule has 0 radical (unpaired) electrons. The highest BCUT2D eigenvalue weighted by Gasteiger charge is 2.10. The zero-order valence-corrected chi connectivity index (χ0v) is 9.34. The van der Waals surface area contributed by atoms with Crippen molar-refractivity contribution in [2.75, 3.05) is 6.54 Å². The van der Waals surface area contributed by atoms with Crippen molar-refractivity contribution in [1.29, 1.82) is 0 Å². The van der Waals surface area contributed by atoms with Gasteiger partial charge in [0.1, 0.15) is 5.03 Å². The fourth-order valence-electron chi connectivity index (χ4n) is 0.610. The molecule has 0 unspecified atom stereocenters. The van der Waals surface area contributed by atoms with E-state index in [2.05, 4.69) is 16.8 Å². The Balaban J connectivity index is 2.35. The van der Waals surface area contributed by atoms with Gasteiger partial charge in [-0.3, -0.25) is 0 Å². The smallest absolute Gasteiger partial charge is 0.131 e. The number of nitrogens with one attached hydrogen (secondary N) is 1. The summed E-state index contributed by atoms with van der Waals surface area (Å²) >= 11 is 0. The number of aliphatic hydroxyl groups excluding tert-OH is 1. The maximum Gasteiger partial charge on any atom is 0.131 e. The van der Waals surface area contributed by atoms with E-state index in [9.17, 15) is 5.11 Å². The van der Waals surface area contributed by atoms with Crippen molar-refractivity contribution in [3.8, 4) is 0 Å². The summed E-state index contributed by atoms with van der Waals surface area (Å²) in [5, 5.41) is 13.6. The summed E-state index contributed by atoms with van der Waals surface area (Å²) in [5.41, 5.74) is 5.89. The average molecular weight is 215 g/mol. The molecule has 0 saturated carbocycles. The molecule has 2 N–H and O–H groups in total. The number of hydrogen-bond donors (Lipinski definition) is 2. The van der Waals surface area contributed by atoms with Crippen LogP contribution in [0, 0.1) is 0 Å².